The van der Waals surface area contributed by atoms with Crippen LogP contribution in [0.3, 0.4) is 0 Å². The smallest absolute Gasteiger partial charge is 0.274 e. The van der Waals surface area contributed by atoms with Crippen molar-refractivity contribution in [2.75, 3.05) is 11.1 Å². The first-order chi connectivity index (χ1) is 13.7. The number of hydrogen-bond acceptors (Lipinski definition) is 4. The molecule has 0 saturated heterocycles. The monoisotopic (exact) mass is 388 g/mol. The van der Waals surface area contributed by atoms with E-state index in [9.17, 15) is 4.79 Å². The number of aromatic nitrogens is 3. The van der Waals surface area contributed by atoms with Crippen molar-refractivity contribution in [3.05, 3.63) is 84.4 Å². The molecule has 2 aromatic heterocycles. The van der Waals surface area contributed by atoms with Gasteiger partial charge in [0.25, 0.3) is 5.91 Å². The van der Waals surface area contributed by atoms with E-state index in [1.165, 1.54) is 5.56 Å². The van der Waals surface area contributed by atoms with E-state index in [0.29, 0.717) is 5.69 Å². The number of benzene rings is 2. The topological polar surface area (TPSA) is 59.8 Å². The Morgan fingerprint density at radius 3 is 2.75 bits per heavy atom. The third-order valence-corrected chi connectivity index (χ3v) is 5.51. The van der Waals surface area contributed by atoms with Crippen LogP contribution in [0, 0.1) is 0 Å². The number of anilines is 1. The lowest BCUT2D eigenvalue weighted by Gasteiger charge is -2.08. The zero-order chi connectivity index (χ0) is 19.3. The average Bonchev–Trinajstić information content (AvgIpc) is 3.13. The Morgan fingerprint density at radius 2 is 1.93 bits per heavy atom. The maximum Gasteiger partial charge on any atom is 0.274 e. The second-order valence-electron chi connectivity index (χ2n) is 6.49. The first-order valence-electron chi connectivity index (χ1n) is 9.04. The number of carbonyl (C=O) groups is 1. The summed E-state index contributed by atoms with van der Waals surface area (Å²) in [4.78, 5) is 21.2. The molecule has 140 valence electrons. The van der Waals surface area contributed by atoms with Crippen LogP contribution in [0.4, 0.5) is 5.69 Å². The summed E-state index contributed by atoms with van der Waals surface area (Å²) in [5.41, 5.74) is 2.36. The molecule has 5 nitrogen and oxygen atoms in total. The van der Waals surface area contributed by atoms with Crippen LogP contribution >= 0.6 is 11.8 Å². The number of imidazole rings is 1. The Kier molecular flexibility index (Phi) is 5.39. The van der Waals surface area contributed by atoms with Crippen molar-refractivity contribution in [2.24, 2.45) is 7.05 Å². The highest BCUT2D eigenvalue weighted by atomic mass is 32.2. The van der Waals surface area contributed by atoms with Crippen molar-refractivity contribution < 1.29 is 4.79 Å². The first kappa shape index (κ1) is 18.3. The van der Waals surface area contributed by atoms with Gasteiger partial charge < -0.3 is 9.88 Å². The molecule has 4 aromatic rings. The molecule has 0 atom stereocenters. The SMILES string of the molecule is Cn1ccnc1SCCc1cccc(NC(=O)c2cc3ccccc3cn2)c1. The van der Waals surface area contributed by atoms with E-state index in [4.69, 9.17) is 0 Å². The highest BCUT2D eigenvalue weighted by Gasteiger charge is 2.09. The number of carbonyl (C=O) groups excluding carboxylic acids is 1. The lowest BCUT2D eigenvalue weighted by Crippen LogP contribution is -2.13. The molecular formula is C22H20N4OS. The van der Waals surface area contributed by atoms with Gasteiger partial charge in [-0.3, -0.25) is 9.78 Å². The number of thioether (sulfide) groups is 1. The fourth-order valence-corrected chi connectivity index (χ4v) is 3.88. The molecular weight excluding hydrogens is 368 g/mol. The minimum atomic E-state index is -0.203. The zero-order valence-electron chi connectivity index (χ0n) is 15.5. The van der Waals surface area contributed by atoms with E-state index < -0.39 is 0 Å². The Morgan fingerprint density at radius 1 is 1.07 bits per heavy atom. The van der Waals surface area contributed by atoms with Gasteiger partial charge in [-0.1, -0.05) is 48.2 Å². The van der Waals surface area contributed by atoms with Crippen LogP contribution < -0.4 is 5.32 Å². The Bertz CT molecular complexity index is 1120. The fourth-order valence-electron chi connectivity index (χ4n) is 2.96. The lowest BCUT2D eigenvalue weighted by molar-refractivity contribution is 0.102. The first-order valence-corrected chi connectivity index (χ1v) is 10.0. The van der Waals surface area contributed by atoms with Gasteiger partial charge in [0.15, 0.2) is 5.16 Å². The molecule has 0 aliphatic carbocycles. The summed E-state index contributed by atoms with van der Waals surface area (Å²) in [6.45, 7) is 0. The quantitative estimate of drug-likeness (QED) is 0.492. The van der Waals surface area contributed by atoms with Crippen LogP contribution in [0.5, 0.6) is 0 Å². The second-order valence-corrected chi connectivity index (χ2v) is 7.55. The summed E-state index contributed by atoms with van der Waals surface area (Å²) in [5, 5.41) is 5.98. The molecule has 0 saturated carbocycles. The summed E-state index contributed by atoms with van der Waals surface area (Å²) in [6.07, 6.45) is 6.38. The van der Waals surface area contributed by atoms with Crippen molar-refractivity contribution in [3.8, 4) is 0 Å². The number of fused-ring (bicyclic) bond motifs is 1. The number of amides is 1. The molecule has 2 aromatic carbocycles. The molecule has 0 aliphatic heterocycles. The van der Waals surface area contributed by atoms with Gasteiger partial charge in [0.05, 0.1) is 0 Å². The van der Waals surface area contributed by atoms with Crippen LogP contribution in [-0.2, 0) is 13.5 Å². The summed E-state index contributed by atoms with van der Waals surface area (Å²) in [7, 11) is 1.99. The molecule has 28 heavy (non-hydrogen) atoms. The highest BCUT2D eigenvalue weighted by Crippen LogP contribution is 2.19. The average molecular weight is 388 g/mol. The van der Waals surface area contributed by atoms with Gasteiger partial charge in [-0.25, -0.2) is 4.98 Å². The summed E-state index contributed by atoms with van der Waals surface area (Å²) in [5.74, 6) is 0.722. The molecule has 0 fully saturated rings. The highest BCUT2D eigenvalue weighted by molar-refractivity contribution is 7.99. The zero-order valence-corrected chi connectivity index (χ0v) is 16.3. The van der Waals surface area contributed by atoms with Crippen molar-refractivity contribution in [2.45, 2.75) is 11.6 Å². The predicted molar refractivity (Wildman–Crippen MR) is 114 cm³/mol. The molecule has 6 heteroatoms. The van der Waals surface area contributed by atoms with Gasteiger partial charge in [-0.2, -0.15) is 0 Å². The summed E-state index contributed by atoms with van der Waals surface area (Å²) >= 11 is 1.72. The Balaban J connectivity index is 1.40. The molecule has 1 N–H and O–H groups in total. The van der Waals surface area contributed by atoms with Crippen LogP contribution in [0.15, 0.2) is 78.3 Å². The van der Waals surface area contributed by atoms with Crippen molar-refractivity contribution >= 4 is 34.1 Å². The molecule has 0 spiro atoms. The number of nitrogens with zero attached hydrogens (tertiary/aromatic N) is 3. The van der Waals surface area contributed by atoms with Gasteiger partial charge >= 0.3 is 0 Å². The normalized spacial score (nSPS) is 10.9. The minimum Gasteiger partial charge on any atom is -0.329 e. The predicted octanol–water partition coefficient (Wildman–Crippen LogP) is 4.56. The Labute approximate surface area is 167 Å². The van der Waals surface area contributed by atoms with E-state index in [1.54, 1.807) is 24.2 Å². The van der Waals surface area contributed by atoms with Crippen LogP contribution in [0.1, 0.15) is 16.1 Å². The van der Waals surface area contributed by atoms with E-state index in [-0.39, 0.29) is 5.91 Å². The molecule has 0 bridgehead atoms. The third kappa shape index (κ3) is 4.23. The van der Waals surface area contributed by atoms with Gasteiger partial charge in [-0.15, -0.1) is 0 Å². The van der Waals surface area contributed by atoms with Crippen molar-refractivity contribution in [3.63, 3.8) is 0 Å². The van der Waals surface area contributed by atoms with E-state index in [0.717, 1.165) is 33.8 Å². The number of rotatable bonds is 6. The van der Waals surface area contributed by atoms with Crippen molar-refractivity contribution in [1.82, 2.24) is 14.5 Å². The van der Waals surface area contributed by atoms with Crippen molar-refractivity contribution in [1.29, 1.82) is 0 Å². The standard InChI is InChI=1S/C22H20N4OS/c1-26-11-10-23-22(26)28-12-9-16-5-4-8-19(13-16)25-21(27)20-14-17-6-2-3-7-18(17)15-24-20/h2-8,10-11,13-15H,9,12H2,1H3,(H,25,27). The minimum absolute atomic E-state index is 0.203. The number of hydrogen-bond donors (Lipinski definition) is 1. The summed E-state index contributed by atoms with van der Waals surface area (Å²) < 4.78 is 2.01. The summed E-state index contributed by atoms with van der Waals surface area (Å²) in [6, 6.07) is 17.6. The van der Waals surface area contributed by atoms with Crippen LogP contribution in [0.2, 0.25) is 0 Å². The van der Waals surface area contributed by atoms with E-state index in [1.807, 2.05) is 66.3 Å². The Hall–Kier alpha value is -3.12. The number of nitrogens with one attached hydrogen (secondary N) is 1. The van der Waals surface area contributed by atoms with Crippen LogP contribution in [-0.4, -0.2) is 26.2 Å². The van der Waals surface area contributed by atoms with E-state index in [2.05, 4.69) is 21.4 Å². The maximum atomic E-state index is 12.6. The van der Waals surface area contributed by atoms with Gasteiger partial charge in [0.1, 0.15) is 5.69 Å². The van der Waals surface area contributed by atoms with Gasteiger partial charge in [-0.05, 0) is 35.6 Å². The molecule has 0 radical (unpaired) electrons. The van der Waals surface area contributed by atoms with Crippen LogP contribution in [0.25, 0.3) is 10.8 Å². The lowest BCUT2D eigenvalue weighted by atomic mass is 10.1. The van der Waals surface area contributed by atoms with E-state index >= 15 is 0 Å². The van der Waals surface area contributed by atoms with Gasteiger partial charge in [0.2, 0.25) is 0 Å². The number of aryl methyl sites for hydroxylation is 2. The molecule has 4 rings (SSSR count). The molecule has 1 amide bonds. The second kappa shape index (κ2) is 8.27. The molecule has 2 heterocycles. The largest absolute Gasteiger partial charge is 0.329 e. The maximum absolute atomic E-state index is 12.6. The fraction of sp³-hybridized carbons (Fsp3) is 0.136. The molecule has 0 unspecified atom stereocenters. The van der Waals surface area contributed by atoms with Gasteiger partial charge in [0, 0.05) is 42.5 Å². The number of pyridine rings is 1. The molecule has 0 aliphatic rings. The third-order valence-electron chi connectivity index (χ3n) is 4.45.